The molecule has 136 valence electrons. The summed E-state index contributed by atoms with van der Waals surface area (Å²) in [7, 11) is 0. The third-order valence-corrected chi connectivity index (χ3v) is 5.85. The second kappa shape index (κ2) is 8.10. The van der Waals surface area contributed by atoms with Gasteiger partial charge in [-0.1, -0.05) is 12.1 Å². The van der Waals surface area contributed by atoms with Gasteiger partial charge < -0.3 is 0 Å². The Labute approximate surface area is 158 Å². The Morgan fingerprint density at radius 1 is 1.12 bits per heavy atom. The van der Waals surface area contributed by atoms with Crippen LogP contribution in [-0.4, -0.2) is 37.7 Å². The van der Waals surface area contributed by atoms with Crippen molar-refractivity contribution in [1.82, 2.24) is 24.6 Å². The van der Waals surface area contributed by atoms with E-state index in [-0.39, 0.29) is 0 Å². The zero-order valence-corrected chi connectivity index (χ0v) is 16.0. The van der Waals surface area contributed by atoms with Crippen LogP contribution < -0.4 is 0 Å². The van der Waals surface area contributed by atoms with Crippen LogP contribution in [0.2, 0.25) is 0 Å². The highest BCUT2D eigenvalue weighted by atomic mass is 32.1. The molecule has 6 heteroatoms. The molecule has 1 unspecified atom stereocenters. The van der Waals surface area contributed by atoms with E-state index >= 15 is 0 Å². The second-order valence-electron chi connectivity index (χ2n) is 6.98. The first-order valence-corrected chi connectivity index (χ1v) is 10.2. The van der Waals surface area contributed by atoms with E-state index in [0.29, 0.717) is 5.92 Å². The molecule has 0 amide bonds. The van der Waals surface area contributed by atoms with Crippen LogP contribution >= 0.6 is 11.3 Å². The van der Waals surface area contributed by atoms with Crippen LogP contribution in [0.1, 0.15) is 47.4 Å². The maximum Gasteiger partial charge on any atom is 0.147 e. The molecule has 1 saturated heterocycles. The minimum absolute atomic E-state index is 0.491. The maximum absolute atomic E-state index is 4.79. The third kappa shape index (κ3) is 4.19. The van der Waals surface area contributed by atoms with Gasteiger partial charge in [-0.15, -0.1) is 11.3 Å². The summed E-state index contributed by atoms with van der Waals surface area (Å²) in [4.78, 5) is 13.1. The molecule has 5 nitrogen and oxygen atoms in total. The summed E-state index contributed by atoms with van der Waals surface area (Å²) in [6.07, 6.45) is 5.39. The second-order valence-corrected chi connectivity index (χ2v) is 8.01. The molecule has 0 aromatic carbocycles. The van der Waals surface area contributed by atoms with Gasteiger partial charge in [0.25, 0.3) is 0 Å². The SMILES string of the molecule is Cc1nc(C2CCCN(Cc3ccccn3)CC2)n(Cc2cccs2)n1. The van der Waals surface area contributed by atoms with E-state index in [0.717, 1.165) is 49.9 Å². The van der Waals surface area contributed by atoms with Crippen LogP contribution in [-0.2, 0) is 13.1 Å². The molecule has 4 heterocycles. The summed E-state index contributed by atoms with van der Waals surface area (Å²) in [5.74, 6) is 2.53. The van der Waals surface area contributed by atoms with Gasteiger partial charge in [0.2, 0.25) is 0 Å². The molecule has 1 aliphatic rings. The fourth-order valence-electron chi connectivity index (χ4n) is 3.73. The molecule has 0 spiro atoms. The van der Waals surface area contributed by atoms with Crippen LogP contribution in [0.15, 0.2) is 41.9 Å². The number of rotatable bonds is 5. The van der Waals surface area contributed by atoms with Gasteiger partial charge in [0.1, 0.15) is 11.6 Å². The fraction of sp³-hybridized carbons (Fsp3) is 0.450. The maximum atomic E-state index is 4.79. The molecule has 0 aliphatic carbocycles. The van der Waals surface area contributed by atoms with Gasteiger partial charge in [-0.2, -0.15) is 5.10 Å². The van der Waals surface area contributed by atoms with Gasteiger partial charge in [-0.05, 0) is 62.9 Å². The molecule has 26 heavy (non-hydrogen) atoms. The lowest BCUT2D eigenvalue weighted by atomic mass is 10.00. The minimum Gasteiger partial charge on any atom is -0.297 e. The monoisotopic (exact) mass is 367 g/mol. The Morgan fingerprint density at radius 2 is 2.08 bits per heavy atom. The van der Waals surface area contributed by atoms with Crippen molar-refractivity contribution >= 4 is 11.3 Å². The fourth-order valence-corrected chi connectivity index (χ4v) is 4.42. The lowest BCUT2D eigenvalue weighted by Crippen LogP contribution is -2.24. The Morgan fingerprint density at radius 3 is 2.88 bits per heavy atom. The number of aryl methyl sites for hydroxylation is 1. The predicted molar refractivity (Wildman–Crippen MR) is 104 cm³/mol. The molecule has 4 rings (SSSR count). The van der Waals surface area contributed by atoms with Crippen molar-refractivity contribution in [3.8, 4) is 0 Å². The number of nitrogens with zero attached hydrogens (tertiary/aromatic N) is 5. The van der Waals surface area contributed by atoms with Gasteiger partial charge in [0, 0.05) is 23.5 Å². The molecule has 1 atom stereocenters. The van der Waals surface area contributed by atoms with Crippen molar-refractivity contribution in [1.29, 1.82) is 0 Å². The topological polar surface area (TPSA) is 46.8 Å². The molecule has 3 aromatic heterocycles. The van der Waals surface area contributed by atoms with Crippen LogP contribution in [0.25, 0.3) is 0 Å². The summed E-state index contributed by atoms with van der Waals surface area (Å²) in [6.45, 7) is 5.99. The Bertz CT molecular complexity index is 812. The zero-order valence-electron chi connectivity index (χ0n) is 15.2. The summed E-state index contributed by atoms with van der Waals surface area (Å²) in [5.41, 5.74) is 1.16. The summed E-state index contributed by atoms with van der Waals surface area (Å²) in [6, 6.07) is 10.4. The van der Waals surface area contributed by atoms with Crippen molar-refractivity contribution in [2.45, 2.75) is 45.2 Å². The number of aromatic nitrogens is 4. The highest BCUT2D eigenvalue weighted by Crippen LogP contribution is 2.28. The first-order valence-electron chi connectivity index (χ1n) is 9.34. The van der Waals surface area contributed by atoms with Crippen molar-refractivity contribution < 1.29 is 0 Å². The molecule has 0 N–H and O–H groups in total. The molecule has 3 aromatic rings. The van der Waals surface area contributed by atoms with E-state index in [1.54, 1.807) is 11.3 Å². The van der Waals surface area contributed by atoms with Crippen LogP contribution in [0, 0.1) is 6.92 Å². The van der Waals surface area contributed by atoms with Crippen molar-refractivity contribution in [3.05, 3.63) is 64.1 Å². The molecule has 1 aliphatic heterocycles. The van der Waals surface area contributed by atoms with Crippen LogP contribution in [0.4, 0.5) is 0 Å². The Hall–Kier alpha value is -2.05. The molecule has 0 saturated carbocycles. The van der Waals surface area contributed by atoms with Gasteiger partial charge >= 0.3 is 0 Å². The molecule has 0 radical (unpaired) electrons. The van der Waals surface area contributed by atoms with Crippen LogP contribution in [0.3, 0.4) is 0 Å². The van der Waals surface area contributed by atoms with E-state index in [9.17, 15) is 0 Å². The lowest BCUT2D eigenvalue weighted by Gasteiger charge is -2.19. The average molecular weight is 368 g/mol. The minimum atomic E-state index is 0.491. The van der Waals surface area contributed by atoms with Gasteiger partial charge in [-0.3, -0.25) is 9.88 Å². The number of likely N-dealkylation sites (tertiary alicyclic amines) is 1. The Kier molecular flexibility index (Phi) is 5.41. The molecular weight excluding hydrogens is 342 g/mol. The van der Waals surface area contributed by atoms with Gasteiger partial charge in [-0.25, -0.2) is 9.67 Å². The zero-order chi connectivity index (χ0) is 17.8. The van der Waals surface area contributed by atoms with Gasteiger partial charge in [0.15, 0.2) is 0 Å². The quantitative estimate of drug-likeness (QED) is 0.687. The first kappa shape index (κ1) is 17.4. The third-order valence-electron chi connectivity index (χ3n) is 4.99. The number of hydrogen-bond donors (Lipinski definition) is 0. The molecule has 0 bridgehead atoms. The normalized spacial score (nSPS) is 18.7. The highest BCUT2D eigenvalue weighted by Gasteiger charge is 2.23. The van der Waals surface area contributed by atoms with E-state index in [4.69, 9.17) is 4.98 Å². The van der Waals surface area contributed by atoms with E-state index in [1.165, 1.54) is 17.7 Å². The smallest absolute Gasteiger partial charge is 0.147 e. The number of thiophene rings is 1. The van der Waals surface area contributed by atoms with Crippen molar-refractivity contribution in [2.24, 2.45) is 0 Å². The Balaban J connectivity index is 1.44. The molecule has 1 fully saturated rings. The largest absolute Gasteiger partial charge is 0.297 e. The number of hydrogen-bond acceptors (Lipinski definition) is 5. The molecular formula is C20H25N5S. The van der Waals surface area contributed by atoms with Gasteiger partial charge in [0.05, 0.1) is 12.2 Å². The summed E-state index contributed by atoms with van der Waals surface area (Å²) in [5, 5.41) is 6.79. The standard InChI is InChI=1S/C20H25N5S/c1-16-22-20(25(23-16)15-19-8-5-13-26-19)17-6-4-11-24(12-9-17)14-18-7-2-3-10-21-18/h2-3,5,7-8,10,13,17H,4,6,9,11-12,14-15H2,1H3. The van der Waals surface area contributed by atoms with Crippen molar-refractivity contribution in [2.75, 3.05) is 13.1 Å². The lowest BCUT2D eigenvalue weighted by molar-refractivity contribution is 0.272. The summed E-state index contributed by atoms with van der Waals surface area (Å²) >= 11 is 1.78. The van der Waals surface area contributed by atoms with Crippen molar-refractivity contribution in [3.63, 3.8) is 0 Å². The average Bonchev–Trinajstić information content (AvgIpc) is 3.22. The van der Waals surface area contributed by atoms with E-state index < -0.39 is 0 Å². The number of pyridine rings is 1. The first-order chi connectivity index (χ1) is 12.8. The summed E-state index contributed by atoms with van der Waals surface area (Å²) < 4.78 is 2.13. The highest BCUT2D eigenvalue weighted by molar-refractivity contribution is 7.09. The van der Waals surface area contributed by atoms with Crippen LogP contribution in [0.5, 0.6) is 0 Å². The van der Waals surface area contributed by atoms with E-state index in [2.05, 4.69) is 49.3 Å². The predicted octanol–water partition coefficient (Wildman–Crippen LogP) is 3.86. The van der Waals surface area contributed by atoms with E-state index in [1.807, 2.05) is 19.2 Å².